The fraction of sp³-hybridized carbons (Fsp3) is 0.333. The Bertz CT molecular complexity index is 904. The van der Waals surface area contributed by atoms with Gasteiger partial charge in [-0.1, -0.05) is 72.8 Å². The summed E-state index contributed by atoms with van der Waals surface area (Å²) in [5.74, 6) is 1.34. The smallest absolute Gasteiger partial charge is 0.161 e. The van der Waals surface area contributed by atoms with Crippen LogP contribution >= 0.6 is 0 Å². The van der Waals surface area contributed by atoms with E-state index in [-0.39, 0.29) is 12.6 Å². The van der Waals surface area contributed by atoms with Crippen molar-refractivity contribution in [2.75, 3.05) is 46.4 Å². The summed E-state index contributed by atoms with van der Waals surface area (Å²) in [5, 5.41) is 10.5. The Labute approximate surface area is 190 Å². The second kappa shape index (κ2) is 11.1. The van der Waals surface area contributed by atoms with E-state index < -0.39 is 6.10 Å². The number of hydrogen-bond acceptors (Lipinski definition) is 5. The summed E-state index contributed by atoms with van der Waals surface area (Å²) in [6.45, 7) is 4.59. The molecule has 1 atom stereocenters. The van der Waals surface area contributed by atoms with Crippen LogP contribution < -0.4 is 9.47 Å². The van der Waals surface area contributed by atoms with Gasteiger partial charge in [0.25, 0.3) is 0 Å². The van der Waals surface area contributed by atoms with Crippen molar-refractivity contribution in [2.45, 2.75) is 12.1 Å². The number of benzene rings is 3. The van der Waals surface area contributed by atoms with Gasteiger partial charge in [0.15, 0.2) is 11.5 Å². The molecule has 3 aromatic rings. The summed E-state index contributed by atoms with van der Waals surface area (Å²) in [5.41, 5.74) is 2.63. The molecule has 1 aliphatic heterocycles. The van der Waals surface area contributed by atoms with Crippen LogP contribution in [0.2, 0.25) is 0 Å². The van der Waals surface area contributed by atoms with Crippen molar-refractivity contribution < 1.29 is 14.6 Å². The molecular weight excluding hydrogens is 400 g/mol. The fourth-order valence-electron chi connectivity index (χ4n) is 4.36. The first-order valence-electron chi connectivity index (χ1n) is 11.2. The number of piperazine rings is 1. The summed E-state index contributed by atoms with van der Waals surface area (Å²) < 4.78 is 11.1. The minimum atomic E-state index is -0.550. The molecule has 32 heavy (non-hydrogen) atoms. The number of nitrogens with zero attached hydrogens (tertiary/aromatic N) is 2. The van der Waals surface area contributed by atoms with Gasteiger partial charge in [-0.3, -0.25) is 9.80 Å². The third kappa shape index (κ3) is 5.68. The van der Waals surface area contributed by atoms with Crippen LogP contribution in [0.25, 0.3) is 0 Å². The molecule has 0 radical (unpaired) electrons. The van der Waals surface area contributed by atoms with E-state index >= 15 is 0 Å². The molecule has 5 heteroatoms. The number of aliphatic hydroxyl groups excluding tert-OH is 1. The highest BCUT2D eigenvalue weighted by Gasteiger charge is 2.27. The number of aliphatic hydroxyl groups is 1. The van der Waals surface area contributed by atoms with E-state index in [1.54, 1.807) is 7.11 Å². The van der Waals surface area contributed by atoms with E-state index in [1.165, 1.54) is 11.1 Å². The molecule has 1 fully saturated rings. The highest BCUT2D eigenvalue weighted by atomic mass is 16.5. The van der Waals surface area contributed by atoms with Crippen molar-refractivity contribution in [2.24, 2.45) is 0 Å². The van der Waals surface area contributed by atoms with Crippen molar-refractivity contribution >= 4 is 0 Å². The van der Waals surface area contributed by atoms with Gasteiger partial charge in [0.2, 0.25) is 0 Å². The van der Waals surface area contributed by atoms with E-state index in [0.717, 1.165) is 26.2 Å². The first-order valence-corrected chi connectivity index (χ1v) is 11.2. The third-order valence-electron chi connectivity index (χ3n) is 5.97. The maximum absolute atomic E-state index is 10.5. The van der Waals surface area contributed by atoms with Crippen LogP contribution in [0.5, 0.6) is 11.5 Å². The van der Waals surface area contributed by atoms with Gasteiger partial charge in [0.05, 0.1) is 13.2 Å². The fourth-order valence-corrected chi connectivity index (χ4v) is 4.36. The monoisotopic (exact) mass is 432 g/mol. The molecule has 0 saturated carbocycles. The van der Waals surface area contributed by atoms with Crippen molar-refractivity contribution in [3.8, 4) is 11.5 Å². The van der Waals surface area contributed by atoms with Crippen LogP contribution in [0.15, 0.2) is 84.9 Å². The summed E-state index contributed by atoms with van der Waals surface area (Å²) in [4.78, 5) is 4.86. The largest absolute Gasteiger partial charge is 0.493 e. The number of methoxy groups -OCH3 is 1. The Morgan fingerprint density at radius 1 is 0.750 bits per heavy atom. The molecule has 0 spiro atoms. The van der Waals surface area contributed by atoms with E-state index in [9.17, 15) is 5.11 Å². The first-order chi connectivity index (χ1) is 15.7. The van der Waals surface area contributed by atoms with Gasteiger partial charge in [0.1, 0.15) is 12.7 Å². The van der Waals surface area contributed by atoms with Gasteiger partial charge >= 0.3 is 0 Å². The minimum absolute atomic E-state index is 0.247. The molecule has 0 bridgehead atoms. The van der Waals surface area contributed by atoms with Gasteiger partial charge in [-0.25, -0.2) is 0 Å². The van der Waals surface area contributed by atoms with Gasteiger partial charge in [-0.05, 0) is 23.3 Å². The molecule has 3 aromatic carbocycles. The molecule has 0 aliphatic carbocycles. The SMILES string of the molecule is COc1ccccc1OC[C@H](O)CN1CCN(C(c2ccccc2)c2ccccc2)CC1. The van der Waals surface area contributed by atoms with E-state index in [2.05, 4.69) is 70.5 Å². The van der Waals surface area contributed by atoms with Crippen LogP contribution in [-0.2, 0) is 0 Å². The average Bonchev–Trinajstić information content (AvgIpc) is 2.85. The molecule has 168 valence electrons. The number of ether oxygens (including phenoxy) is 2. The molecule has 4 rings (SSSR count). The number of hydrogen-bond donors (Lipinski definition) is 1. The Hall–Kier alpha value is -2.86. The second-order valence-corrected chi connectivity index (χ2v) is 8.18. The standard InChI is InChI=1S/C27H32N2O3/c1-31-25-14-8-9-15-26(25)32-21-24(30)20-28-16-18-29(19-17-28)27(22-10-4-2-5-11-22)23-12-6-3-7-13-23/h2-15,24,27,30H,16-21H2,1H3/t24-/m1/s1. The molecule has 1 saturated heterocycles. The molecule has 1 aliphatic rings. The Morgan fingerprint density at radius 3 is 1.84 bits per heavy atom. The van der Waals surface area contributed by atoms with Gasteiger partial charge in [0, 0.05) is 32.7 Å². The lowest BCUT2D eigenvalue weighted by Crippen LogP contribution is -2.50. The van der Waals surface area contributed by atoms with Crippen molar-refractivity contribution in [1.82, 2.24) is 9.80 Å². The quantitative estimate of drug-likeness (QED) is 0.557. The van der Waals surface area contributed by atoms with Gasteiger partial charge in [-0.15, -0.1) is 0 Å². The molecule has 5 nitrogen and oxygen atoms in total. The number of para-hydroxylation sites is 2. The van der Waals surface area contributed by atoms with Crippen LogP contribution in [0, 0.1) is 0 Å². The summed E-state index contributed by atoms with van der Waals surface area (Å²) in [6, 6.07) is 29.2. The van der Waals surface area contributed by atoms with Crippen LogP contribution in [0.4, 0.5) is 0 Å². The predicted molar refractivity (Wildman–Crippen MR) is 127 cm³/mol. The average molecular weight is 433 g/mol. The number of rotatable bonds is 9. The lowest BCUT2D eigenvalue weighted by atomic mass is 9.96. The molecule has 1 heterocycles. The predicted octanol–water partition coefficient (Wildman–Crippen LogP) is 3.84. The van der Waals surface area contributed by atoms with Crippen molar-refractivity contribution in [3.63, 3.8) is 0 Å². The summed E-state index contributed by atoms with van der Waals surface area (Å²) in [6.07, 6.45) is -0.550. The molecular formula is C27H32N2O3. The second-order valence-electron chi connectivity index (χ2n) is 8.18. The zero-order valence-electron chi connectivity index (χ0n) is 18.6. The molecule has 1 N–H and O–H groups in total. The van der Waals surface area contributed by atoms with Crippen LogP contribution in [-0.4, -0.2) is 67.5 Å². The van der Waals surface area contributed by atoms with Crippen LogP contribution in [0.1, 0.15) is 17.2 Å². The normalized spacial score (nSPS) is 16.1. The zero-order valence-corrected chi connectivity index (χ0v) is 18.6. The highest BCUT2D eigenvalue weighted by molar-refractivity contribution is 5.39. The molecule has 0 amide bonds. The molecule has 0 unspecified atom stereocenters. The Kier molecular flexibility index (Phi) is 7.77. The topological polar surface area (TPSA) is 45.2 Å². The van der Waals surface area contributed by atoms with Gasteiger partial charge < -0.3 is 14.6 Å². The maximum Gasteiger partial charge on any atom is 0.161 e. The third-order valence-corrected chi connectivity index (χ3v) is 5.97. The maximum atomic E-state index is 10.5. The molecule has 0 aromatic heterocycles. The summed E-state index contributed by atoms with van der Waals surface area (Å²) >= 11 is 0. The summed E-state index contributed by atoms with van der Waals surface area (Å²) in [7, 11) is 1.62. The lowest BCUT2D eigenvalue weighted by molar-refractivity contribution is 0.0395. The van der Waals surface area contributed by atoms with Crippen molar-refractivity contribution in [3.05, 3.63) is 96.1 Å². The van der Waals surface area contributed by atoms with E-state index in [4.69, 9.17) is 9.47 Å². The first kappa shape index (κ1) is 22.3. The van der Waals surface area contributed by atoms with Crippen molar-refractivity contribution in [1.29, 1.82) is 0 Å². The number of β-amino-alcohol motifs (C(OH)–C–C–N with tert-alkyl or cyclic N) is 1. The Morgan fingerprint density at radius 2 is 1.28 bits per heavy atom. The van der Waals surface area contributed by atoms with E-state index in [0.29, 0.717) is 18.0 Å². The highest BCUT2D eigenvalue weighted by Crippen LogP contribution is 2.29. The van der Waals surface area contributed by atoms with Crippen LogP contribution in [0.3, 0.4) is 0 Å². The lowest BCUT2D eigenvalue weighted by Gasteiger charge is -2.40. The van der Waals surface area contributed by atoms with E-state index in [1.807, 2.05) is 24.3 Å². The Balaban J connectivity index is 1.32. The zero-order chi connectivity index (χ0) is 22.2. The minimum Gasteiger partial charge on any atom is -0.493 e. The van der Waals surface area contributed by atoms with Gasteiger partial charge in [-0.2, -0.15) is 0 Å².